The highest BCUT2D eigenvalue weighted by atomic mass is 127. The number of ether oxygens (including phenoxy) is 1. The van der Waals surface area contributed by atoms with E-state index in [2.05, 4.69) is 15.2 Å². The van der Waals surface area contributed by atoms with Crippen LogP contribution in [0.15, 0.2) is 38.3 Å². The van der Waals surface area contributed by atoms with Crippen molar-refractivity contribution in [3.05, 3.63) is 47.3 Å². The molecule has 0 atom stereocenters. The van der Waals surface area contributed by atoms with Crippen molar-refractivity contribution >= 4 is 41.8 Å². The Morgan fingerprint density at radius 2 is 1.93 bits per heavy atom. The third-order valence-electron chi connectivity index (χ3n) is 4.69. The first kappa shape index (κ1) is 23.8. The second-order valence-corrected chi connectivity index (χ2v) is 6.60. The quantitative estimate of drug-likeness (QED) is 0.275. The number of nitrogens with one attached hydrogen (secondary N) is 1. The average Bonchev–Trinajstić information content (AvgIpc) is 3.40. The Morgan fingerprint density at radius 3 is 2.53 bits per heavy atom. The molecule has 1 fully saturated rings. The zero-order chi connectivity index (χ0) is 20.8. The number of hydrogen-bond acceptors (Lipinski definition) is 6. The van der Waals surface area contributed by atoms with Gasteiger partial charge in [-0.05, 0) is 32.0 Å². The lowest BCUT2D eigenvalue weighted by Gasteiger charge is -2.36. The van der Waals surface area contributed by atoms with Gasteiger partial charge in [0.2, 0.25) is 0 Å². The molecule has 9 nitrogen and oxygen atoms in total. The molecule has 1 N–H and O–H groups in total. The number of aryl methyl sites for hydroxylation is 1. The van der Waals surface area contributed by atoms with E-state index in [1.807, 2.05) is 6.92 Å². The van der Waals surface area contributed by atoms with Gasteiger partial charge in [-0.15, -0.1) is 24.0 Å². The van der Waals surface area contributed by atoms with E-state index >= 15 is 0 Å². The highest BCUT2D eigenvalue weighted by molar-refractivity contribution is 14.0. The van der Waals surface area contributed by atoms with Crippen molar-refractivity contribution in [1.29, 1.82) is 0 Å². The lowest BCUT2D eigenvalue weighted by molar-refractivity contribution is 0.0598. The summed E-state index contributed by atoms with van der Waals surface area (Å²) in [5.74, 6) is 1.67. The summed E-state index contributed by atoms with van der Waals surface area (Å²) in [5.41, 5.74) is 0.410. The molecule has 1 saturated heterocycles. The van der Waals surface area contributed by atoms with E-state index in [4.69, 9.17) is 13.6 Å². The molecule has 1 amide bonds. The van der Waals surface area contributed by atoms with Gasteiger partial charge >= 0.3 is 5.97 Å². The molecule has 0 spiro atoms. The van der Waals surface area contributed by atoms with Crippen molar-refractivity contribution in [2.45, 2.75) is 20.4 Å². The monoisotopic (exact) mass is 530 g/mol. The van der Waals surface area contributed by atoms with Crippen LogP contribution in [-0.2, 0) is 11.3 Å². The Balaban J connectivity index is 0.00000320. The summed E-state index contributed by atoms with van der Waals surface area (Å²) in [5, 5.41) is 3.27. The molecule has 1 aliphatic rings. The normalized spacial score (nSPS) is 14.3. The number of guanidine groups is 1. The van der Waals surface area contributed by atoms with Crippen LogP contribution in [0.4, 0.5) is 0 Å². The Kier molecular flexibility index (Phi) is 8.75. The fourth-order valence-corrected chi connectivity index (χ4v) is 3.19. The number of amides is 1. The van der Waals surface area contributed by atoms with Gasteiger partial charge in [0.25, 0.3) is 5.91 Å². The van der Waals surface area contributed by atoms with Crippen LogP contribution < -0.4 is 5.32 Å². The highest BCUT2D eigenvalue weighted by Gasteiger charge is 2.25. The lowest BCUT2D eigenvalue weighted by Crippen LogP contribution is -2.53. The Bertz CT molecular complexity index is 870. The smallest absolute Gasteiger partial charge is 0.341 e. The standard InChI is InChI=1S/C20H26N4O5.HI/c1-4-21-20(22-13-15-12-16(14(2)29-15)19(26)27-3)24-9-7-23(8-10-24)18(25)17-6-5-11-28-17;/h5-6,11-12H,4,7-10,13H2,1-3H3,(H,21,22);1H. The number of carbonyl (C=O) groups excluding carboxylic acids is 2. The van der Waals surface area contributed by atoms with Gasteiger partial charge in [-0.3, -0.25) is 4.79 Å². The van der Waals surface area contributed by atoms with Gasteiger partial charge in [0.15, 0.2) is 11.7 Å². The van der Waals surface area contributed by atoms with Crippen LogP contribution in [0.5, 0.6) is 0 Å². The van der Waals surface area contributed by atoms with Crippen LogP contribution in [0, 0.1) is 6.92 Å². The number of esters is 1. The SMILES string of the molecule is CCNC(=NCc1cc(C(=O)OC)c(C)o1)N1CCN(C(=O)c2ccco2)CC1.I. The van der Waals surface area contributed by atoms with Crippen molar-refractivity contribution in [1.82, 2.24) is 15.1 Å². The van der Waals surface area contributed by atoms with Crippen LogP contribution in [0.2, 0.25) is 0 Å². The van der Waals surface area contributed by atoms with Gasteiger partial charge in [-0.25, -0.2) is 9.79 Å². The molecule has 0 saturated carbocycles. The number of piperazine rings is 1. The summed E-state index contributed by atoms with van der Waals surface area (Å²) in [6.07, 6.45) is 1.50. The molecular weight excluding hydrogens is 503 g/mol. The fraction of sp³-hybridized carbons (Fsp3) is 0.450. The Morgan fingerprint density at radius 1 is 1.23 bits per heavy atom. The van der Waals surface area contributed by atoms with E-state index in [0.29, 0.717) is 55.6 Å². The highest BCUT2D eigenvalue weighted by Crippen LogP contribution is 2.17. The van der Waals surface area contributed by atoms with Gasteiger partial charge in [0.05, 0.1) is 13.4 Å². The Hall–Kier alpha value is -2.50. The lowest BCUT2D eigenvalue weighted by atomic mass is 10.2. The summed E-state index contributed by atoms with van der Waals surface area (Å²) in [6.45, 7) is 7.21. The molecule has 3 rings (SSSR count). The number of aliphatic imine (C=N–C) groups is 1. The number of halogens is 1. The van der Waals surface area contributed by atoms with E-state index in [1.54, 1.807) is 30.0 Å². The van der Waals surface area contributed by atoms with Gasteiger partial charge in [-0.1, -0.05) is 0 Å². The van der Waals surface area contributed by atoms with Crippen molar-refractivity contribution in [2.75, 3.05) is 39.8 Å². The van der Waals surface area contributed by atoms with Crippen LogP contribution in [0.25, 0.3) is 0 Å². The van der Waals surface area contributed by atoms with Crippen molar-refractivity contribution < 1.29 is 23.2 Å². The van der Waals surface area contributed by atoms with Crippen LogP contribution in [0.1, 0.15) is 39.4 Å². The van der Waals surface area contributed by atoms with Crippen molar-refractivity contribution in [2.24, 2.45) is 4.99 Å². The molecule has 10 heteroatoms. The zero-order valence-electron chi connectivity index (χ0n) is 17.3. The second-order valence-electron chi connectivity index (χ2n) is 6.60. The number of carbonyl (C=O) groups is 2. The van der Waals surface area contributed by atoms with Gasteiger partial charge in [-0.2, -0.15) is 0 Å². The minimum Gasteiger partial charge on any atom is -0.465 e. The molecule has 0 aliphatic carbocycles. The molecule has 0 radical (unpaired) electrons. The Labute approximate surface area is 192 Å². The number of rotatable bonds is 5. The second kappa shape index (κ2) is 11.0. The minimum absolute atomic E-state index is 0. The number of methoxy groups -OCH3 is 1. The molecule has 3 heterocycles. The van der Waals surface area contributed by atoms with Gasteiger partial charge in [0.1, 0.15) is 23.6 Å². The summed E-state index contributed by atoms with van der Waals surface area (Å²) in [6, 6.07) is 5.05. The molecule has 0 aromatic carbocycles. The number of hydrogen-bond donors (Lipinski definition) is 1. The van der Waals surface area contributed by atoms with Crippen molar-refractivity contribution in [3.63, 3.8) is 0 Å². The van der Waals surface area contributed by atoms with E-state index in [-0.39, 0.29) is 29.9 Å². The van der Waals surface area contributed by atoms with Crippen LogP contribution in [0.3, 0.4) is 0 Å². The maximum atomic E-state index is 12.4. The molecule has 2 aromatic heterocycles. The molecule has 2 aromatic rings. The third-order valence-corrected chi connectivity index (χ3v) is 4.69. The average molecular weight is 530 g/mol. The third kappa shape index (κ3) is 5.55. The molecule has 164 valence electrons. The first-order valence-electron chi connectivity index (χ1n) is 9.57. The zero-order valence-corrected chi connectivity index (χ0v) is 19.7. The fourth-order valence-electron chi connectivity index (χ4n) is 3.19. The van der Waals surface area contributed by atoms with Gasteiger partial charge in [0, 0.05) is 32.7 Å². The van der Waals surface area contributed by atoms with Crippen molar-refractivity contribution in [3.8, 4) is 0 Å². The maximum absolute atomic E-state index is 12.4. The number of furan rings is 2. The number of nitrogens with zero attached hydrogens (tertiary/aromatic N) is 3. The molecular formula is C20H27IN4O5. The summed E-state index contributed by atoms with van der Waals surface area (Å²) < 4.78 is 15.6. The predicted octanol–water partition coefficient (Wildman–Crippen LogP) is 2.51. The molecule has 30 heavy (non-hydrogen) atoms. The summed E-state index contributed by atoms with van der Waals surface area (Å²) >= 11 is 0. The first-order valence-corrected chi connectivity index (χ1v) is 9.57. The van der Waals surface area contributed by atoms with E-state index in [9.17, 15) is 9.59 Å². The minimum atomic E-state index is -0.425. The van der Waals surface area contributed by atoms with Gasteiger partial charge < -0.3 is 28.7 Å². The molecule has 0 bridgehead atoms. The van der Waals surface area contributed by atoms with Crippen LogP contribution in [-0.4, -0.2) is 67.5 Å². The summed E-state index contributed by atoms with van der Waals surface area (Å²) in [4.78, 5) is 32.6. The first-order chi connectivity index (χ1) is 14.0. The van der Waals surface area contributed by atoms with E-state index in [0.717, 1.165) is 12.5 Å². The largest absolute Gasteiger partial charge is 0.465 e. The van der Waals surface area contributed by atoms with E-state index < -0.39 is 5.97 Å². The maximum Gasteiger partial charge on any atom is 0.341 e. The van der Waals surface area contributed by atoms with Crippen LogP contribution >= 0.6 is 24.0 Å². The predicted molar refractivity (Wildman–Crippen MR) is 121 cm³/mol. The molecule has 0 unspecified atom stereocenters. The molecule has 1 aliphatic heterocycles. The topological polar surface area (TPSA) is 101 Å². The van der Waals surface area contributed by atoms with E-state index in [1.165, 1.54) is 13.4 Å². The summed E-state index contributed by atoms with van der Waals surface area (Å²) in [7, 11) is 1.34.